The summed E-state index contributed by atoms with van der Waals surface area (Å²) in [6, 6.07) is 0. The number of allylic oxidation sites excluding steroid dienone is 1. The Morgan fingerprint density at radius 2 is 1.89 bits per heavy atom. The third kappa shape index (κ3) is 4.42. The number of aliphatic hydroxyl groups is 2. The number of hydrogen-bond donors (Lipinski definition) is 2. The molecule has 2 N–H and O–H groups in total. The van der Waals surface area contributed by atoms with Crippen LogP contribution in [0.5, 0.6) is 0 Å². The summed E-state index contributed by atoms with van der Waals surface area (Å²) in [5.74, 6) is -3.33. The van der Waals surface area contributed by atoms with E-state index in [1.54, 1.807) is 20.0 Å². The van der Waals surface area contributed by atoms with E-state index in [-0.39, 0.29) is 36.7 Å². The maximum absolute atomic E-state index is 13.7. The predicted molar refractivity (Wildman–Crippen MR) is 126 cm³/mol. The van der Waals surface area contributed by atoms with Crippen LogP contribution in [0.2, 0.25) is 0 Å². The number of methoxy groups -OCH3 is 1. The zero-order valence-electron chi connectivity index (χ0n) is 21.6. The number of fused-ring (bicyclic) bond motifs is 3. The van der Waals surface area contributed by atoms with Gasteiger partial charge < -0.3 is 24.6 Å². The molecule has 196 valence electrons. The Morgan fingerprint density at radius 1 is 1.23 bits per heavy atom. The van der Waals surface area contributed by atoms with Gasteiger partial charge in [0, 0.05) is 38.4 Å². The lowest BCUT2D eigenvalue weighted by Crippen LogP contribution is -2.68. The Kier molecular flexibility index (Phi) is 7.82. The molecule has 0 radical (unpaired) electrons. The highest BCUT2D eigenvalue weighted by Crippen LogP contribution is 2.64. The predicted octanol–water partition coefficient (Wildman–Crippen LogP) is 1.50. The van der Waals surface area contributed by atoms with Crippen LogP contribution < -0.4 is 0 Å². The standard InChI is InChI=1S/C26H39NO8/c1-14-16(13-19(30)27(5)11-12-28)7-8-17-20(14)21(31)22(32)23-25(17,3)10-9-18(35-15(2)29)26(23,4)24(33)34-6/h13-14,17-18,20,22-23,28,32H,7-12H2,1-6H3/b16-13+/t14-,17-,18-,20-,22-,23+,25+,26-/m0/s1. The van der Waals surface area contributed by atoms with Gasteiger partial charge in [-0.25, -0.2) is 0 Å². The van der Waals surface area contributed by atoms with Gasteiger partial charge >= 0.3 is 11.9 Å². The first kappa shape index (κ1) is 27.3. The summed E-state index contributed by atoms with van der Waals surface area (Å²) in [4.78, 5) is 52.7. The van der Waals surface area contributed by atoms with Gasteiger partial charge in [0.25, 0.3) is 0 Å². The SMILES string of the molecule is COC(=O)[C@@]1(C)[C@@H](OC(C)=O)CC[C@@]2(C)[C@H]1[C@@H](O)C(=O)[C@H]1[C@@H](C)/C(=C/C(=O)N(C)CCO)CC[C@@H]12. The fraction of sp³-hybridized carbons (Fsp3) is 0.769. The molecule has 3 rings (SSSR count). The van der Waals surface area contributed by atoms with Gasteiger partial charge in [0.2, 0.25) is 5.91 Å². The zero-order valence-corrected chi connectivity index (χ0v) is 21.6. The van der Waals surface area contributed by atoms with E-state index >= 15 is 0 Å². The molecule has 0 aromatic carbocycles. The first-order valence-corrected chi connectivity index (χ1v) is 12.4. The Bertz CT molecular complexity index is 915. The number of ether oxygens (including phenoxy) is 2. The van der Waals surface area contributed by atoms with Gasteiger partial charge in [-0.2, -0.15) is 0 Å². The number of likely N-dealkylation sites (N-methyl/N-ethyl adjacent to an activating group) is 1. The van der Waals surface area contributed by atoms with E-state index in [1.807, 2.05) is 13.8 Å². The molecule has 9 nitrogen and oxygen atoms in total. The van der Waals surface area contributed by atoms with Gasteiger partial charge in [0.05, 0.1) is 13.7 Å². The molecule has 3 aliphatic rings. The summed E-state index contributed by atoms with van der Waals surface area (Å²) < 4.78 is 10.7. The molecule has 35 heavy (non-hydrogen) atoms. The van der Waals surface area contributed by atoms with Gasteiger partial charge in [0.1, 0.15) is 17.6 Å². The minimum atomic E-state index is -1.43. The van der Waals surface area contributed by atoms with Gasteiger partial charge in [0.15, 0.2) is 5.78 Å². The van der Waals surface area contributed by atoms with Crippen LogP contribution in [0.1, 0.15) is 53.4 Å². The second kappa shape index (κ2) is 10.0. The summed E-state index contributed by atoms with van der Waals surface area (Å²) in [6.45, 7) is 6.94. The number of hydrogen-bond acceptors (Lipinski definition) is 8. The van der Waals surface area contributed by atoms with Crippen molar-refractivity contribution in [3.05, 3.63) is 11.6 Å². The monoisotopic (exact) mass is 493 g/mol. The molecule has 0 aromatic heterocycles. The number of Topliss-reactive ketones (excluding diaryl/α,β-unsaturated/α-hetero) is 1. The molecular weight excluding hydrogens is 454 g/mol. The van der Waals surface area contributed by atoms with Crippen LogP contribution in [-0.2, 0) is 28.7 Å². The van der Waals surface area contributed by atoms with Gasteiger partial charge in [-0.05, 0) is 49.9 Å². The summed E-state index contributed by atoms with van der Waals surface area (Å²) in [7, 11) is 2.87. The van der Waals surface area contributed by atoms with Crippen LogP contribution in [0.4, 0.5) is 0 Å². The van der Waals surface area contributed by atoms with Crippen LogP contribution in [0.25, 0.3) is 0 Å². The molecule has 0 bridgehead atoms. The van der Waals surface area contributed by atoms with Crippen LogP contribution in [0.3, 0.4) is 0 Å². The van der Waals surface area contributed by atoms with Crippen LogP contribution in [-0.4, -0.2) is 78.3 Å². The van der Waals surface area contributed by atoms with Crippen molar-refractivity contribution in [1.29, 1.82) is 0 Å². The van der Waals surface area contributed by atoms with Crippen molar-refractivity contribution in [2.45, 2.75) is 65.6 Å². The highest BCUT2D eigenvalue weighted by Gasteiger charge is 2.69. The number of esters is 2. The van der Waals surface area contributed by atoms with Crippen molar-refractivity contribution in [3.8, 4) is 0 Å². The Labute approximate surface area is 206 Å². The molecule has 1 amide bonds. The summed E-state index contributed by atoms with van der Waals surface area (Å²) >= 11 is 0. The number of rotatable bonds is 5. The van der Waals surface area contributed by atoms with Crippen molar-refractivity contribution in [3.63, 3.8) is 0 Å². The van der Waals surface area contributed by atoms with Crippen LogP contribution in [0.15, 0.2) is 11.6 Å². The van der Waals surface area contributed by atoms with Crippen LogP contribution >= 0.6 is 0 Å². The number of carbonyl (C=O) groups is 4. The first-order chi connectivity index (χ1) is 16.3. The molecule has 3 fully saturated rings. The molecule has 0 spiro atoms. The number of aliphatic hydroxyl groups excluding tert-OH is 2. The van der Waals surface area contributed by atoms with E-state index in [2.05, 4.69) is 0 Å². The third-order valence-corrected chi connectivity index (χ3v) is 9.11. The van der Waals surface area contributed by atoms with Gasteiger partial charge in [-0.3, -0.25) is 19.2 Å². The highest BCUT2D eigenvalue weighted by molar-refractivity contribution is 5.91. The third-order valence-electron chi connectivity index (χ3n) is 9.11. The van der Waals surface area contributed by atoms with Crippen molar-refractivity contribution < 1.29 is 38.9 Å². The van der Waals surface area contributed by atoms with Crippen molar-refractivity contribution in [2.24, 2.45) is 34.5 Å². The zero-order chi connectivity index (χ0) is 26.3. The molecule has 0 saturated heterocycles. The molecule has 3 saturated carbocycles. The summed E-state index contributed by atoms with van der Waals surface area (Å²) in [5, 5.41) is 20.6. The highest BCUT2D eigenvalue weighted by atomic mass is 16.6. The van der Waals surface area contributed by atoms with E-state index in [0.29, 0.717) is 25.7 Å². The van der Waals surface area contributed by atoms with E-state index in [9.17, 15) is 24.3 Å². The maximum Gasteiger partial charge on any atom is 0.315 e. The second-order valence-electron chi connectivity index (χ2n) is 10.9. The summed E-state index contributed by atoms with van der Waals surface area (Å²) in [5.41, 5.74) is -1.10. The minimum absolute atomic E-state index is 0.108. The molecule has 0 heterocycles. The minimum Gasteiger partial charge on any atom is -0.468 e. The molecule has 0 aromatic rings. The molecule has 3 aliphatic carbocycles. The van der Waals surface area contributed by atoms with E-state index < -0.39 is 46.8 Å². The molecule has 8 atom stereocenters. The van der Waals surface area contributed by atoms with Crippen molar-refractivity contribution in [1.82, 2.24) is 4.90 Å². The number of ketones is 1. The van der Waals surface area contributed by atoms with E-state index in [1.165, 1.54) is 18.9 Å². The average molecular weight is 494 g/mol. The quantitative estimate of drug-likeness (QED) is 0.435. The topological polar surface area (TPSA) is 130 Å². The van der Waals surface area contributed by atoms with Gasteiger partial charge in [-0.15, -0.1) is 0 Å². The fourth-order valence-corrected chi connectivity index (χ4v) is 7.33. The average Bonchev–Trinajstić information content (AvgIpc) is 2.80. The van der Waals surface area contributed by atoms with E-state index in [4.69, 9.17) is 14.6 Å². The molecule has 0 unspecified atom stereocenters. The normalized spacial score (nSPS) is 39.9. The molecular formula is C26H39NO8. The number of nitrogens with zero attached hydrogens (tertiary/aromatic N) is 1. The van der Waals surface area contributed by atoms with Gasteiger partial charge in [-0.1, -0.05) is 19.4 Å². The van der Waals surface area contributed by atoms with E-state index in [0.717, 1.165) is 5.57 Å². The molecule has 0 aliphatic heterocycles. The fourth-order valence-electron chi connectivity index (χ4n) is 7.33. The Morgan fingerprint density at radius 3 is 2.46 bits per heavy atom. The lowest BCUT2D eigenvalue weighted by molar-refractivity contribution is -0.223. The lowest BCUT2D eigenvalue weighted by atomic mass is 9.41. The lowest BCUT2D eigenvalue weighted by Gasteiger charge is -2.63. The van der Waals surface area contributed by atoms with Crippen LogP contribution in [0, 0.1) is 34.5 Å². The largest absolute Gasteiger partial charge is 0.468 e. The summed E-state index contributed by atoms with van der Waals surface area (Å²) in [6.07, 6.45) is 1.58. The second-order valence-corrected chi connectivity index (χ2v) is 10.9. The number of amides is 1. The van der Waals surface area contributed by atoms with Crippen molar-refractivity contribution in [2.75, 3.05) is 27.3 Å². The Balaban J connectivity index is 2.01. The van der Waals surface area contributed by atoms with Crippen molar-refractivity contribution >= 4 is 23.6 Å². The Hall–Kier alpha value is -2.26. The molecule has 9 heteroatoms. The first-order valence-electron chi connectivity index (χ1n) is 12.4. The maximum atomic E-state index is 13.7. The number of carbonyl (C=O) groups excluding carboxylic acids is 4. The smallest absolute Gasteiger partial charge is 0.315 e.